The summed E-state index contributed by atoms with van der Waals surface area (Å²) in [6.45, 7) is 0.663. The van der Waals surface area contributed by atoms with E-state index in [0.29, 0.717) is 12.3 Å². The Balaban J connectivity index is 1.98. The number of ether oxygens (including phenoxy) is 1. The summed E-state index contributed by atoms with van der Waals surface area (Å²) in [4.78, 5) is 0. The third-order valence-electron chi connectivity index (χ3n) is 2.54. The average molecular weight is 254 g/mol. The normalized spacial score (nSPS) is 9.63. The van der Waals surface area contributed by atoms with Gasteiger partial charge in [-0.15, -0.1) is 0 Å². The summed E-state index contributed by atoms with van der Waals surface area (Å²) >= 11 is 0. The van der Waals surface area contributed by atoms with Gasteiger partial charge in [0.25, 0.3) is 0 Å². The number of nitrogens with one attached hydrogen (secondary N) is 1. The molecule has 0 fully saturated rings. The lowest BCUT2D eigenvalue weighted by atomic mass is 10.2. The van der Waals surface area contributed by atoms with Crippen LogP contribution in [-0.2, 0) is 6.54 Å². The minimum Gasteiger partial charge on any atom is -0.508 e. The largest absolute Gasteiger partial charge is 0.508 e. The number of phenols is 1. The standard InChI is InChI=1S/C15H14N2O2/c16-7-8-19-15-6-1-3-12(9-15)11-17-13-4-2-5-14(18)10-13/h1-6,9-10,17-18H,8,11H2. The molecular weight excluding hydrogens is 240 g/mol. The van der Waals surface area contributed by atoms with Gasteiger partial charge in [0.2, 0.25) is 0 Å². The molecule has 0 aromatic heterocycles. The van der Waals surface area contributed by atoms with Crippen molar-refractivity contribution in [3.05, 3.63) is 54.1 Å². The highest BCUT2D eigenvalue weighted by Crippen LogP contribution is 2.18. The molecule has 2 aromatic carbocycles. The maximum absolute atomic E-state index is 9.36. The van der Waals surface area contributed by atoms with Crippen LogP contribution in [0.2, 0.25) is 0 Å². The summed E-state index contributed by atoms with van der Waals surface area (Å²) < 4.78 is 5.24. The minimum absolute atomic E-state index is 0.0451. The second-order valence-electron chi connectivity index (χ2n) is 4.00. The van der Waals surface area contributed by atoms with E-state index in [9.17, 15) is 5.11 Å². The van der Waals surface area contributed by atoms with Crippen molar-refractivity contribution in [1.29, 1.82) is 5.26 Å². The molecule has 0 bridgehead atoms. The molecule has 2 rings (SSSR count). The van der Waals surface area contributed by atoms with Gasteiger partial charge in [-0.1, -0.05) is 18.2 Å². The molecule has 0 heterocycles. The first-order valence-electron chi connectivity index (χ1n) is 5.89. The van der Waals surface area contributed by atoms with Gasteiger partial charge in [-0.25, -0.2) is 0 Å². The van der Waals surface area contributed by atoms with E-state index in [1.165, 1.54) is 0 Å². The Morgan fingerprint density at radius 2 is 2.00 bits per heavy atom. The Kier molecular flexibility index (Phi) is 4.25. The van der Waals surface area contributed by atoms with Crippen molar-refractivity contribution in [3.63, 3.8) is 0 Å². The number of aromatic hydroxyl groups is 1. The van der Waals surface area contributed by atoms with Gasteiger partial charge < -0.3 is 15.2 Å². The van der Waals surface area contributed by atoms with Crippen LogP contribution in [0, 0.1) is 11.3 Å². The van der Waals surface area contributed by atoms with Crippen molar-refractivity contribution in [3.8, 4) is 17.6 Å². The maximum Gasteiger partial charge on any atom is 0.174 e. The number of rotatable bonds is 5. The van der Waals surface area contributed by atoms with E-state index in [-0.39, 0.29) is 12.4 Å². The second-order valence-corrected chi connectivity index (χ2v) is 4.00. The van der Waals surface area contributed by atoms with E-state index in [1.807, 2.05) is 36.4 Å². The maximum atomic E-state index is 9.36. The average Bonchev–Trinajstić information content (AvgIpc) is 2.43. The molecule has 0 saturated heterocycles. The van der Waals surface area contributed by atoms with Crippen molar-refractivity contribution >= 4 is 5.69 Å². The fourth-order valence-electron chi connectivity index (χ4n) is 1.68. The molecule has 19 heavy (non-hydrogen) atoms. The molecule has 0 atom stereocenters. The molecule has 0 radical (unpaired) electrons. The summed E-state index contributed by atoms with van der Waals surface area (Å²) in [5, 5.41) is 21.0. The third kappa shape index (κ3) is 3.93. The molecule has 0 spiro atoms. The lowest BCUT2D eigenvalue weighted by Crippen LogP contribution is -2.00. The molecule has 0 aliphatic carbocycles. The van der Waals surface area contributed by atoms with Gasteiger partial charge in [0, 0.05) is 18.3 Å². The zero-order valence-electron chi connectivity index (χ0n) is 10.3. The lowest BCUT2D eigenvalue weighted by molar-refractivity contribution is 0.368. The molecule has 2 N–H and O–H groups in total. The molecule has 4 nitrogen and oxygen atoms in total. The van der Waals surface area contributed by atoms with Gasteiger partial charge in [0.05, 0.1) is 0 Å². The van der Waals surface area contributed by atoms with Crippen molar-refractivity contribution in [2.45, 2.75) is 6.54 Å². The fraction of sp³-hybridized carbons (Fsp3) is 0.133. The van der Waals surface area contributed by atoms with Crippen LogP contribution in [-0.4, -0.2) is 11.7 Å². The zero-order valence-corrected chi connectivity index (χ0v) is 10.3. The SMILES string of the molecule is N#CCOc1cccc(CNc2cccc(O)c2)c1. The van der Waals surface area contributed by atoms with E-state index < -0.39 is 0 Å². The van der Waals surface area contributed by atoms with Crippen LogP contribution in [0.25, 0.3) is 0 Å². The number of phenolic OH excluding ortho intramolecular Hbond substituents is 1. The van der Waals surface area contributed by atoms with Gasteiger partial charge in [-0.3, -0.25) is 0 Å². The third-order valence-corrected chi connectivity index (χ3v) is 2.54. The first kappa shape index (κ1) is 12.8. The van der Waals surface area contributed by atoms with Crippen LogP contribution in [0.5, 0.6) is 11.5 Å². The molecule has 4 heteroatoms. The number of benzene rings is 2. The second kappa shape index (κ2) is 6.31. The molecule has 96 valence electrons. The summed E-state index contributed by atoms with van der Waals surface area (Å²) in [5.41, 5.74) is 1.89. The quantitative estimate of drug-likeness (QED) is 0.861. The Bertz CT molecular complexity index is 591. The van der Waals surface area contributed by atoms with Crippen LogP contribution in [0.15, 0.2) is 48.5 Å². The Labute approximate surface area is 111 Å². The molecule has 0 aliphatic heterocycles. The minimum atomic E-state index is 0.0451. The topological polar surface area (TPSA) is 65.3 Å². The van der Waals surface area contributed by atoms with Crippen LogP contribution in [0.4, 0.5) is 5.69 Å². The molecule has 0 amide bonds. The predicted molar refractivity (Wildman–Crippen MR) is 73.0 cm³/mol. The number of hydrogen-bond donors (Lipinski definition) is 2. The fourth-order valence-corrected chi connectivity index (χ4v) is 1.68. The first-order valence-corrected chi connectivity index (χ1v) is 5.89. The van der Waals surface area contributed by atoms with Gasteiger partial charge in [-0.2, -0.15) is 5.26 Å². The van der Waals surface area contributed by atoms with Crippen molar-refractivity contribution in [2.24, 2.45) is 0 Å². The monoisotopic (exact) mass is 254 g/mol. The van der Waals surface area contributed by atoms with E-state index in [0.717, 1.165) is 11.3 Å². The number of nitrogens with zero attached hydrogens (tertiary/aromatic N) is 1. The van der Waals surface area contributed by atoms with Gasteiger partial charge in [0.15, 0.2) is 6.61 Å². The molecule has 0 unspecified atom stereocenters. The van der Waals surface area contributed by atoms with Crippen molar-refractivity contribution < 1.29 is 9.84 Å². The van der Waals surface area contributed by atoms with Gasteiger partial charge >= 0.3 is 0 Å². The van der Waals surface area contributed by atoms with Crippen molar-refractivity contribution in [2.75, 3.05) is 11.9 Å². The molecule has 2 aromatic rings. The summed E-state index contributed by atoms with van der Waals surface area (Å²) in [6.07, 6.45) is 0. The van der Waals surface area contributed by atoms with E-state index >= 15 is 0 Å². The number of nitriles is 1. The highest BCUT2D eigenvalue weighted by atomic mass is 16.5. The molecule has 0 aliphatic rings. The highest BCUT2D eigenvalue weighted by molar-refractivity contribution is 5.48. The van der Waals surface area contributed by atoms with E-state index in [4.69, 9.17) is 10.00 Å². The highest BCUT2D eigenvalue weighted by Gasteiger charge is 1.98. The summed E-state index contributed by atoms with van der Waals surface area (Å²) in [7, 11) is 0. The van der Waals surface area contributed by atoms with Crippen molar-refractivity contribution in [1.82, 2.24) is 0 Å². The van der Waals surface area contributed by atoms with Crippen LogP contribution < -0.4 is 10.1 Å². The zero-order chi connectivity index (χ0) is 13.5. The van der Waals surface area contributed by atoms with Gasteiger partial charge in [-0.05, 0) is 29.8 Å². The Morgan fingerprint density at radius 1 is 1.16 bits per heavy atom. The van der Waals surface area contributed by atoms with E-state index in [2.05, 4.69) is 5.32 Å². The first-order chi connectivity index (χ1) is 9.28. The molecular formula is C15H14N2O2. The number of hydrogen-bond acceptors (Lipinski definition) is 4. The Morgan fingerprint density at radius 3 is 2.79 bits per heavy atom. The van der Waals surface area contributed by atoms with Crippen LogP contribution >= 0.6 is 0 Å². The molecule has 0 saturated carbocycles. The Hall–Kier alpha value is -2.67. The lowest BCUT2D eigenvalue weighted by Gasteiger charge is -2.08. The predicted octanol–water partition coefficient (Wildman–Crippen LogP) is 2.91. The van der Waals surface area contributed by atoms with Crippen LogP contribution in [0.3, 0.4) is 0 Å². The summed E-state index contributed by atoms with van der Waals surface area (Å²) in [6, 6.07) is 16.4. The summed E-state index contributed by atoms with van der Waals surface area (Å²) in [5.74, 6) is 0.910. The number of anilines is 1. The van der Waals surface area contributed by atoms with Crippen LogP contribution in [0.1, 0.15) is 5.56 Å². The van der Waals surface area contributed by atoms with E-state index in [1.54, 1.807) is 18.2 Å². The van der Waals surface area contributed by atoms with Gasteiger partial charge in [0.1, 0.15) is 17.6 Å². The smallest absolute Gasteiger partial charge is 0.174 e.